The molecule has 1 aromatic heterocycles. The van der Waals surface area contributed by atoms with Crippen molar-refractivity contribution in [1.82, 2.24) is 4.98 Å². The first-order chi connectivity index (χ1) is 4.83. The molecule has 0 radical (unpaired) electrons. The van der Waals surface area contributed by atoms with Crippen molar-refractivity contribution in [1.29, 1.82) is 0 Å². The molecule has 0 saturated heterocycles. The van der Waals surface area contributed by atoms with Gasteiger partial charge in [0.15, 0.2) is 5.13 Å². The summed E-state index contributed by atoms with van der Waals surface area (Å²) in [5.41, 5.74) is 0. The largest absolute Gasteiger partial charge is 0.359 e. The molecule has 3 heteroatoms. The fraction of sp³-hybridized carbons (Fsp3) is 0.571. The molecule has 56 valence electrons. The molecule has 2 nitrogen and oxygen atoms in total. The molecule has 1 aromatic rings. The van der Waals surface area contributed by atoms with Crippen molar-refractivity contribution in [3.63, 3.8) is 0 Å². The molecule has 0 fully saturated rings. The standard InChI is InChI=1S/C7H12N2S/c1-3-6(2)9-7-8-4-5-10-7/h4-6H,3H2,1-2H3,(H,8,9)/t6-/m1/s1. The van der Waals surface area contributed by atoms with Gasteiger partial charge in [-0.1, -0.05) is 6.92 Å². The van der Waals surface area contributed by atoms with Crippen LogP contribution in [0.3, 0.4) is 0 Å². The quantitative estimate of drug-likeness (QED) is 0.726. The van der Waals surface area contributed by atoms with Crippen LogP contribution in [0.25, 0.3) is 0 Å². The predicted octanol–water partition coefficient (Wildman–Crippen LogP) is 2.35. The van der Waals surface area contributed by atoms with Crippen LogP contribution in [0, 0.1) is 0 Å². The Morgan fingerprint density at radius 3 is 3.10 bits per heavy atom. The number of nitrogens with one attached hydrogen (secondary N) is 1. The maximum Gasteiger partial charge on any atom is 0.182 e. The monoisotopic (exact) mass is 156 g/mol. The molecule has 1 heterocycles. The van der Waals surface area contributed by atoms with E-state index in [1.165, 1.54) is 0 Å². The summed E-state index contributed by atoms with van der Waals surface area (Å²) in [5, 5.41) is 6.28. The fourth-order valence-electron chi connectivity index (χ4n) is 0.608. The molecule has 10 heavy (non-hydrogen) atoms. The Kier molecular flexibility index (Phi) is 2.68. The second-order valence-corrected chi connectivity index (χ2v) is 3.19. The summed E-state index contributed by atoms with van der Waals surface area (Å²) >= 11 is 1.64. The van der Waals surface area contributed by atoms with Gasteiger partial charge in [0, 0.05) is 17.6 Å². The Balaban J connectivity index is 2.40. The van der Waals surface area contributed by atoms with Crippen molar-refractivity contribution in [3.8, 4) is 0 Å². The molecule has 0 spiro atoms. The number of nitrogens with zero attached hydrogens (tertiary/aromatic N) is 1. The highest BCUT2D eigenvalue weighted by molar-refractivity contribution is 7.13. The Morgan fingerprint density at radius 1 is 1.80 bits per heavy atom. The average molecular weight is 156 g/mol. The molecule has 0 aliphatic carbocycles. The van der Waals surface area contributed by atoms with E-state index >= 15 is 0 Å². The van der Waals surface area contributed by atoms with Gasteiger partial charge in [0.2, 0.25) is 0 Å². The molecule has 1 rings (SSSR count). The average Bonchev–Trinajstić information content (AvgIpc) is 2.40. The van der Waals surface area contributed by atoms with E-state index in [1.54, 1.807) is 11.3 Å². The second-order valence-electron chi connectivity index (χ2n) is 2.29. The summed E-state index contributed by atoms with van der Waals surface area (Å²) in [6.07, 6.45) is 2.95. The van der Waals surface area contributed by atoms with Crippen LogP contribution < -0.4 is 5.32 Å². The van der Waals surface area contributed by atoms with Crippen molar-refractivity contribution in [2.45, 2.75) is 26.3 Å². The van der Waals surface area contributed by atoms with Gasteiger partial charge >= 0.3 is 0 Å². The van der Waals surface area contributed by atoms with Crippen LogP contribution in [0.15, 0.2) is 11.6 Å². The van der Waals surface area contributed by atoms with E-state index in [4.69, 9.17) is 0 Å². The van der Waals surface area contributed by atoms with Gasteiger partial charge < -0.3 is 5.32 Å². The molecule has 0 saturated carbocycles. The number of hydrogen-bond donors (Lipinski definition) is 1. The summed E-state index contributed by atoms with van der Waals surface area (Å²) < 4.78 is 0. The molecule has 0 aromatic carbocycles. The highest BCUT2D eigenvalue weighted by Gasteiger charge is 1.98. The Labute approximate surface area is 65.3 Å². The molecule has 0 unspecified atom stereocenters. The first-order valence-electron chi connectivity index (χ1n) is 3.49. The molecule has 1 N–H and O–H groups in total. The van der Waals surface area contributed by atoms with E-state index in [9.17, 15) is 0 Å². The van der Waals surface area contributed by atoms with Gasteiger partial charge in [-0.15, -0.1) is 11.3 Å². The Morgan fingerprint density at radius 2 is 2.60 bits per heavy atom. The van der Waals surface area contributed by atoms with Crippen molar-refractivity contribution in [3.05, 3.63) is 11.6 Å². The molecule has 0 aliphatic rings. The molecule has 1 atom stereocenters. The van der Waals surface area contributed by atoms with Gasteiger partial charge in [-0.3, -0.25) is 0 Å². The van der Waals surface area contributed by atoms with Crippen LogP contribution in [0.1, 0.15) is 20.3 Å². The third kappa shape index (κ3) is 1.99. The molecule has 0 bridgehead atoms. The maximum atomic E-state index is 4.11. The lowest BCUT2D eigenvalue weighted by atomic mass is 10.3. The zero-order valence-corrected chi connectivity index (χ0v) is 7.11. The summed E-state index contributed by atoms with van der Waals surface area (Å²) in [6.45, 7) is 4.31. The number of aromatic nitrogens is 1. The highest BCUT2D eigenvalue weighted by Crippen LogP contribution is 2.12. The molecule has 0 aliphatic heterocycles. The topological polar surface area (TPSA) is 24.9 Å². The summed E-state index contributed by atoms with van der Waals surface area (Å²) in [7, 11) is 0. The van der Waals surface area contributed by atoms with Gasteiger partial charge in [-0.2, -0.15) is 0 Å². The normalized spacial score (nSPS) is 13.0. The minimum atomic E-state index is 0.533. The van der Waals surface area contributed by atoms with Crippen LogP contribution in [-0.2, 0) is 0 Å². The van der Waals surface area contributed by atoms with Crippen molar-refractivity contribution >= 4 is 16.5 Å². The Hall–Kier alpha value is -0.570. The van der Waals surface area contributed by atoms with Gasteiger partial charge in [0.05, 0.1) is 0 Å². The number of anilines is 1. The van der Waals surface area contributed by atoms with E-state index in [0.29, 0.717) is 6.04 Å². The minimum absolute atomic E-state index is 0.533. The fourth-order valence-corrected chi connectivity index (χ4v) is 1.25. The smallest absolute Gasteiger partial charge is 0.182 e. The second kappa shape index (κ2) is 3.56. The van der Waals surface area contributed by atoms with E-state index in [1.807, 2.05) is 11.6 Å². The van der Waals surface area contributed by atoms with E-state index in [-0.39, 0.29) is 0 Å². The summed E-state index contributed by atoms with van der Waals surface area (Å²) in [5.74, 6) is 0. The molecular weight excluding hydrogens is 144 g/mol. The molecular formula is C7H12N2S. The lowest BCUT2D eigenvalue weighted by Crippen LogP contribution is -2.12. The van der Waals surface area contributed by atoms with Crippen LogP contribution in [0.2, 0.25) is 0 Å². The van der Waals surface area contributed by atoms with Gasteiger partial charge in [0.25, 0.3) is 0 Å². The van der Waals surface area contributed by atoms with E-state index in [0.717, 1.165) is 11.6 Å². The van der Waals surface area contributed by atoms with E-state index < -0.39 is 0 Å². The summed E-state index contributed by atoms with van der Waals surface area (Å²) in [6, 6.07) is 0.533. The van der Waals surface area contributed by atoms with Crippen LogP contribution >= 0.6 is 11.3 Å². The third-order valence-corrected chi connectivity index (χ3v) is 2.12. The number of hydrogen-bond acceptors (Lipinski definition) is 3. The SMILES string of the molecule is CC[C@@H](C)Nc1nccs1. The van der Waals surface area contributed by atoms with Crippen molar-refractivity contribution < 1.29 is 0 Å². The van der Waals surface area contributed by atoms with Crippen molar-refractivity contribution in [2.75, 3.05) is 5.32 Å². The summed E-state index contributed by atoms with van der Waals surface area (Å²) in [4.78, 5) is 4.11. The number of rotatable bonds is 3. The maximum absolute atomic E-state index is 4.11. The van der Waals surface area contributed by atoms with Gasteiger partial charge in [-0.05, 0) is 13.3 Å². The van der Waals surface area contributed by atoms with Gasteiger partial charge in [0.1, 0.15) is 0 Å². The van der Waals surface area contributed by atoms with Gasteiger partial charge in [-0.25, -0.2) is 4.98 Å². The van der Waals surface area contributed by atoms with Crippen LogP contribution in [-0.4, -0.2) is 11.0 Å². The highest BCUT2D eigenvalue weighted by atomic mass is 32.1. The van der Waals surface area contributed by atoms with Crippen molar-refractivity contribution in [2.24, 2.45) is 0 Å². The lowest BCUT2D eigenvalue weighted by Gasteiger charge is -2.08. The zero-order chi connectivity index (χ0) is 7.40. The zero-order valence-electron chi connectivity index (χ0n) is 6.29. The first kappa shape index (κ1) is 7.54. The first-order valence-corrected chi connectivity index (χ1v) is 4.37. The molecule has 0 amide bonds. The third-order valence-electron chi connectivity index (χ3n) is 1.41. The van der Waals surface area contributed by atoms with Crippen LogP contribution in [0.5, 0.6) is 0 Å². The van der Waals surface area contributed by atoms with Crippen LogP contribution in [0.4, 0.5) is 5.13 Å². The number of thiazole rings is 1. The predicted molar refractivity (Wildman–Crippen MR) is 45.5 cm³/mol. The minimum Gasteiger partial charge on any atom is -0.359 e. The Bertz CT molecular complexity index is 172. The van der Waals surface area contributed by atoms with E-state index in [2.05, 4.69) is 24.1 Å². The lowest BCUT2D eigenvalue weighted by molar-refractivity contribution is 0.763.